The van der Waals surface area contributed by atoms with Gasteiger partial charge in [0.15, 0.2) is 44.0 Å². The highest BCUT2D eigenvalue weighted by molar-refractivity contribution is 7.61. The molecule has 8 heterocycles. The molecular formula is C57H103N2O55P3. The van der Waals surface area contributed by atoms with Crippen molar-refractivity contribution in [2.24, 2.45) is 11.5 Å². The Labute approximate surface area is 658 Å². The lowest BCUT2D eigenvalue weighted by atomic mass is 9.91. The number of aliphatic carboxylic acids is 1. The van der Waals surface area contributed by atoms with E-state index in [1.165, 1.54) is 0 Å². The van der Waals surface area contributed by atoms with E-state index in [4.69, 9.17) is 96.1 Å². The topological polar surface area (TPSA) is 932 Å². The first kappa shape index (κ1) is 100. The van der Waals surface area contributed by atoms with Crippen LogP contribution in [0.1, 0.15) is 6.42 Å². The molecule has 60 heteroatoms. The first-order valence-corrected chi connectivity index (χ1v) is 40.1. The number of phosphoric acid groups is 3. The Morgan fingerprint density at radius 2 is 0.735 bits per heavy atom. The van der Waals surface area contributed by atoms with E-state index in [0.29, 0.717) is 0 Å². The Hall–Kier alpha value is -1.92. The fourth-order valence-electron chi connectivity index (χ4n) is 13.6. The molecule has 8 fully saturated rings. The van der Waals surface area contributed by atoms with Crippen molar-refractivity contribution >= 4 is 29.4 Å². The van der Waals surface area contributed by atoms with Crippen molar-refractivity contribution in [1.82, 2.24) is 0 Å². The van der Waals surface area contributed by atoms with Gasteiger partial charge in [0.1, 0.15) is 214 Å². The predicted molar refractivity (Wildman–Crippen MR) is 352 cm³/mol. The minimum Gasteiger partial charge on any atom is -0.477 e. The van der Waals surface area contributed by atoms with E-state index in [1.807, 2.05) is 0 Å². The molecule has 57 nitrogen and oxygen atoms in total. The summed E-state index contributed by atoms with van der Waals surface area (Å²) < 4.78 is 152. The van der Waals surface area contributed by atoms with Gasteiger partial charge in [-0.2, -0.15) is 4.31 Å². The maximum absolute atomic E-state index is 13.8. The Morgan fingerprint density at radius 3 is 1.20 bits per heavy atom. The largest absolute Gasteiger partial charge is 0.481 e. The fourth-order valence-corrected chi connectivity index (χ4v) is 16.8. The molecule has 0 amide bonds. The molecule has 0 aromatic rings. The highest BCUT2D eigenvalue weighted by Crippen LogP contribution is 2.62. The number of carboxylic acid groups (broad SMARTS) is 1. The van der Waals surface area contributed by atoms with Gasteiger partial charge in [0, 0.05) is 19.5 Å². The molecule has 0 saturated carbocycles. The van der Waals surface area contributed by atoms with Gasteiger partial charge >= 0.3 is 29.4 Å². The van der Waals surface area contributed by atoms with E-state index in [0.717, 1.165) is 0 Å². The lowest BCUT2D eigenvalue weighted by molar-refractivity contribution is -0.426. The van der Waals surface area contributed by atoms with Gasteiger partial charge in [-0.25, -0.2) is 18.5 Å². The molecule has 46 atom stereocenters. The van der Waals surface area contributed by atoms with E-state index < -0.39 is 378 Å². The van der Waals surface area contributed by atoms with Gasteiger partial charge in [0.25, 0.3) is 5.79 Å². The summed E-state index contributed by atoms with van der Waals surface area (Å²) in [4.78, 5) is 45.2. The van der Waals surface area contributed by atoms with Crippen LogP contribution in [-0.2, 0) is 112 Å². The zero-order valence-corrected chi connectivity index (χ0v) is 63.3. The number of carboxylic acids is 1. The molecule has 8 rings (SSSR count). The van der Waals surface area contributed by atoms with E-state index in [1.54, 1.807) is 0 Å². The zero-order chi connectivity index (χ0) is 87.2. The average Bonchev–Trinajstić information content (AvgIpc) is 0.750. The third kappa shape index (κ3) is 23.3. The summed E-state index contributed by atoms with van der Waals surface area (Å²) in [6.45, 7) is -14.1. The smallest absolute Gasteiger partial charge is 0.477 e. The number of hydrogen-bond acceptors (Lipinski definition) is 53. The third-order valence-corrected chi connectivity index (χ3v) is 23.4. The number of aliphatic hydroxyl groups excluding tert-OH is 26. The number of aliphatic hydroxyl groups is 27. The summed E-state index contributed by atoms with van der Waals surface area (Å²) in [5.74, 6) is -6.25. The van der Waals surface area contributed by atoms with Crippen molar-refractivity contribution in [1.29, 1.82) is 0 Å². The molecule has 117 heavy (non-hydrogen) atoms. The molecule has 35 N–H and O–H groups in total. The van der Waals surface area contributed by atoms with Crippen molar-refractivity contribution < 1.29 is 270 Å². The molecule has 0 bridgehead atoms. The molecular weight excluding hydrogens is 1690 g/mol. The van der Waals surface area contributed by atoms with Crippen molar-refractivity contribution in [2.75, 3.05) is 79.2 Å². The number of phosphoric ester groups is 3. The molecule has 686 valence electrons. The van der Waals surface area contributed by atoms with Crippen LogP contribution in [0.4, 0.5) is 0 Å². The number of carbonyl (C=O) groups is 1. The maximum Gasteiger partial charge on any atom is 0.481 e. The van der Waals surface area contributed by atoms with Crippen LogP contribution in [0.5, 0.6) is 0 Å². The van der Waals surface area contributed by atoms with Gasteiger partial charge in [0.2, 0.25) is 0 Å². The second-order valence-corrected chi connectivity index (χ2v) is 32.1. The maximum atomic E-state index is 13.8. The monoisotopic (exact) mass is 1790 g/mol. The second kappa shape index (κ2) is 43.0. The van der Waals surface area contributed by atoms with Crippen LogP contribution in [0.3, 0.4) is 0 Å². The van der Waals surface area contributed by atoms with Gasteiger partial charge in [-0.05, 0) is 0 Å². The molecule has 0 aromatic heterocycles. The number of rotatable bonds is 39. The molecule has 0 spiro atoms. The lowest BCUT2D eigenvalue weighted by Gasteiger charge is -2.53. The van der Waals surface area contributed by atoms with Crippen LogP contribution in [0.2, 0.25) is 0 Å². The van der Waals surface area contributed by atoms with Crippen LogP contribution in [0, 0.1) is 0 Å². The summed E-state index contributed by atoms with van der Waals surface area (Å²) in [6.07, 6.45) is -110. The number of ether oxygens (including phenoxy) is 15. The Morgan fingerprint density at radius 1 is 0.376 bits per heavy atom. The standard InChI is InChI=1S/C57H103N2O55P3/c58-1-3-95-115(89,90)113-22(13-67)42-35(83)45(107-51-32(80)28(76)25(73)20(11-65)99-51)48(110-53-36(84)44(34(82)38(101-53)14(68)6-60)106-50-31(79)27(75)24(72)19(10-64)98-50)55(104-42)108-46-37(85)54(105-43-17(112-117(93,94)114-116(91,92)96-4-2-59)5-57(88,56(86)87)111-40(43)16(70)8-62)102-39(15(69)7-61)47(46)109-52-33(81)29(77)41(21(12-66)100-52)103-49-30(78)26(74)23(71)18(9-63)97-49/h14-55,60-85,88H,1-13,58-59H2,(H,86,87)(H,89,90)(H,91,92)(H,93,94)/t14-,15-,16+,17+,18+,19+,20+,21+,22-,23+,24-,25+,26-,27-,28-,29+,30+,31+,32+,33+,34+,35+,36-,37-,38+,39+,40+,41+,42+,43+,44-,45-,46+,47+,48-,49-,50-,51+,52-,53?,54?,55?,57+/m0/s1. The summed E-state index contributed by atoms with van der Waals surface area (Å²) in [5.41, 5.74) is 10.8. The Bertz CT molecular complexity index is 3190. The van der Waals surface area contributed by atoms with Crippen molar-refractivity contribution in [3.8, 4) is 0 Å². The lowest BCUT2D eigenvalue weighted by Crippen LogP contribution is -2.71. The van der Waals surface area contributed by atoms with Crippen molar-refractivity contribution in [3.63, 3.8) is 0 Å². The summed E-state index contributed by atoms with van der Waals surface area (Å²) in [6, 6.07) is 0. The van der Waals surface area contributed by atoms with E-state index in [2.05, 4.69) is 8.83 Å². The predicted octanol–water partition coefficient (Wildman–Crippen LogP) is -20.2. The first-order chi connectivity index (χ1) is 54.9. The molecule has 8 aliphatic heterocycles. The molecule has 0 aromatic carbocycles. The van der Waals surface area contributed by atoms with Crippen molar-refractivity contribution in [3.05, 3.63) is 0 Å². The zero-order valence-electron chi connectivity index (χ0n) is 60.6. The summed E-state index contributed by atoms with van der Waals surface area (Å²) >= 11 is 0. The fraction of sp³-hybridized carbons (Fsp3) is 0.982. The SMILES string of the molecule is NCCOP(=O)(O)O[C@@H](CO)[C@H]1OC(O[C@H]2[C@H](O[C@@H]3O[C@H](CO)[C@@H](O[C@@H]4O[C@H](CO)[C@@H](O)[C@H](O)[C@H]4O)[C@H](O)[C@H]3O)[C@@H]([C@@H](O)CO)OC(O[C@H]3[C@@H]([C@H](O)CO)O[C@@](O)(C(=O)O)C[C@H]3OP(=O)(O)OP(=O)(O)OCCN)[C@H]2O)[C@@H](OC2O[C@H]([C@@H](O)CO)[C@@H](O)[C@H](O[C@@H]3O[C@H](CO)[C@H](O)[C@H](O)[C@H]3O)[C@@H]2O)[C@@H](O[C@H]2O[C@H](CO)[C@@H](O)[C@H](O)[C@H]2O)[C@@H]1O. The van der Waals surface area contributed by atoms with E-state index >= 15 is 0 Å². The van der Waals surface area contributed by atoms with Crippen LogP contribution in [0.15, 0.2) is 0 Å². The molecule has 6 unspecified atom stereocenters. The number of hydrogen-bond donors (Lipinski definition) is 33. The third-order valence-electron chi connectivity index (χ3n) is 19.7. The first-order valence-electron chi connectivity index (χ1n) is 35.6. The highest BCUT2D eigenvalue weighted by Gasteiger charge is 2.65. The number of nitrogens with two attached hydrogens (primary N) is 2. The molecule has 8 aliphatic rings. The minimum atomic E-state index is -6.41. The van der Waals surface area contributed by atoms with Crippen LogP contribution in [0.25, 0.3) is 0 Å². The molecule has 0 radical (unpaired) electrons. The van der Waals surface area contributed by atoms with Gasteiger partial charge in [-0.3, -0.25) is 18.1 Å². The quantitative estimate of drug-likeness (QED) is 0.0254. The molecule has 8 saturated heterocycles. The van der Waals surface area contributed by atoms with E-state index in [9.17, 15) is 176 Å². The second-order valence-electron chi connectivity index (χ2n) is 27.7. The van der Waals surface area contributed by atoms with Crippen molar-refractivity contribution in [2.45, 2.75) is 270 Å². The summed E-state index contributed by atoms with van der Waals surface area (Å²) in [7, 11) is -18.0. The normalized spacial score (nSPS) is 46.4. The van der Waals surface area contributed by atoms with Gasteiger partial charge in [-0.15, -0.1) is 0 Å². The van der Waals surface area contributed by atoms with Crippen LogP contribution >= 0.6 is 23.5 Å². The Kier molecular flexibility index (Phi) is 37.0. The Balaban J connectivity index is 1.36. The van der Waals surface area contributed by atoms with Crippen LogP contribution in [-0.4, -0.2) is 506 Å². The van der Waals surface area contributed by atoms with Gasteiger partial charge in [-0.1, -0.05) is 0 Å². The van der Waals surface area contributed by atoms with Gasteiger partial charge in [0.05, 0.1) is 66.1 Å². The van der Waals surface area contributed by atoms with Gasteiger partial charge < -0.3 is 240 Å². The van der Waals surface area contributed by atoms with E-state index in [-0.39, 0.29) is 0 Å². The van der Waals surface area contributed by atoms with Crippen LogP contribution < -0.4 is 11.5 Å². The average molecular weight is 1790 g/mol. The highest BCUT2D eigenvalue weighted by atomic mass is 31.3. The molecule has 0 aliphatic carbocycles. The summed E-state index contributed by atoms with van der Waals surface area (Å²) in [5, 5.41) is 313. The minimum absolute atomic E-state index is 0.545.